The molecule has 3 aliphatic rings. The molecule has 17 heteroatoms. The first-order chi connectivity index (χ1) is 30.0. The van der Waals surface area contributed by atoms with Gasteiger partial charge in [0.2, 0.25) is 17.6 Å². The first-order valence-corrected chi connectivity index (χ1v) is 21.2. The highest BCUT2D eigenvalue weighted by molar-refractivity contribution is 6.13. The Labute approximate surface area is 355 Å². The summed E-state index contributed by atoms with van der Waals surface area (Å²) in [6.07, 6.45) is 7.94. The van der Waals surface area contributed by atoms with Crippen LogP contribution in [0.3, 0.4) is 0 Å². The highest BCUT2D eigenvalue weighted by Crippen LogP contribution is 2.41. The number of nitrogens with zero attached hydrogens (tertiary/aromatic N) is 8. The maximum atomic E-state index is 13.8. The summed E-state index contributed by atoms with van der Waals surface area (Å²) in [6, 6.07) is 11.3. The fourth-order valence-corrected chi connectivity index (χ4v) is 8.97. The number of fused-ring (bicyclic) bond motifs is 4. The second-order valence-corrected chi connectivity index (χ2v) is 16.6. The van der Waals surface area contributed by atoms with Crippen molar-refractivity contribution in [2.75, 3.05) is 5.32 Å². The number of aromatic nitrogens is 8. The van der Waals surface area contributed by atoms with Crippen molar-refractivity contribution in [2.24, 2.45) is 0 Å². The normalized spacial score (nSPS) is 16.4. The van der Waals surface area contributed by atoms with E-state index < -0.39 is 17.9 Å². The summed E-state index contributed by atoms with van der Waals surface area (Å²) >= 11 is 0. The topological polar surface area (TPSA) is 211 Å². The van der Waals surface area contributed by atoms with E-state index in [0.717, 1.165) is 92.8 Å². The summed E-state index contributed by atoms with van der Waals surface area (Å²) in [6.45, 7) is 9.78. The Bertz CT molecular complexity index is 2950. The molecule has 2 fully saturated rings. The molecule has 1 unspecified atom stereocenters. The molecule has 1 saturated heterocycles. The molecule has 0 bridgehead atoms. The van der Waals surface area contributed by atoms with Gasteiger partial charge in [0.05, 0.1) is 35.3 Å². The monoisotopic (exact) mass is 834 g/mol. The SMILES string of the molecule is CCn1nc(C2CC2)cc1Nc1nc(C(=O)NCc2cn(CCCc3cccc4c3CN(C3CCC(=O)NC3=O)C4=O)cn2)nc2[nH]c3cc(-c4c(C)noc4C)c(C)cc3c12. The smallest absolute Gasteiger partial charge is 0.289 e. The lowest BCUT2D eigenvalue weighted by atomic mass is 9.97. The van der Waals surface area contributed by atoms with Gasteiger partial charge in [0.15, 0.2) is 0 Å². The predicted octanol–water partition coefficient (Wildman–Crippen LogP) is 6.05. The van der Waals surface area contributed by atoms with Crippen LogP contribution < -0.4 is 16.0 Å². The van der Waals surface area contributed by atoms with Gasteiger partial charge >= 0.3 is 0 Å². The fourth-order valence-electron chi connectivity index (χ4n) is 8.97. The van der Waals surface area contributed by atoms with Crippen LogP contribution in [0.15, 0.2) is 53.4 Å². The Hall–Kier alpha value is -7.17. The van der Waals surface area contributed by atoms with E-state index in [-0.39, 0.29) is 30.6 Å². The van der Waals surface area contributed by atoms with E-state index in [1.807, 2.05) is 48.3 Å². The molecule has 1 atom stereocenters. The van der Waals surface area contributed by atoms with Crippen LogP contribution in [0, 0.1) is 20.8 Å². The van der Waals surface area contributed by atoms with E-state index in [9.17, 15) is 19.2 Å². The van der Waals surface area contributed by atoms with Gasteiger partial charge in [-0.15, -0.1) is 0 Å². The lowest BCUT2D eigenvalue weighted by Crippen LogP contribution is -2.52. The van der Waals surface area contributed by atoms with Crippen molar-refractivity contribution >= 4 is 57.2 Å². The Kier molecular flexibility index (Phi) is 9.67. The Morgan fingerprint density at radius 1 is 1.03 bits per heavy atom. The summed E-state index contributed by atoms with van der Waals surface area (Å²) in [7, 11) is 0. The zero-order valence-corrected chi connectivity index (χ0v) is 35.0. The number of rotatable bonds is 13. The third-order valence-electron chi connectivity index (χ3n) is 12.3. The van der Waals surface area contributed by atoms with E-state index >= 15 is 0 Å². The summed E-state index contributed by atoms with van der Waals surface area (Å²) in [5, 5.41) is 19.6. The Morgan fingerprint density at radius 2 is 1.89 bits per heavy atom. The number of anilines is 2. The van der Waals surface area contributed by atoms with Crippen LogP contribution in [0.4, 0.5) is 11.6 Å². The lowest BCUT2D eigenvalue weighted by molar-refractivity contribution is -0.136. The van der Waals surface area contributed by atoms with Gasteiger partial charge < -0.3 is 29.6 Å². The largest absolute Gasteiger partial charge is 0.361 e. The van der Waals surface area contributed by atoms with Gasteiger partial charge in [0, 0.05) is 66.3 Å². The van der Waals surface area contributed by atoms with Crippen molar-refractivity contribution in [3.63, 3.8) is 0 Å². The van der Waals surface area contributed by atoms with Crippen LogP contribution in [0.1, 0.15) is 105 Å². The van der Waals surface area contributed by atoms with E-state index in [4.69, 9.17) is 19.6 Å². The lowest BCUT2D eigenvalue weighted by Gasteiger charge is -2.29. The van der Waals surface area contributed by atoms with E-state index in [2.05, 4.69) is 56.2 Å². The molecule has 10 rings (SSSR count). The van der Waals surface area contributed by atoms with Crippen LogP contribution in [-0.2, 0) is 42.2 Å². The van der Waals surface area contributed by atoms with E-state index in [1.54, 1.807) is 17.3 Å². The van der Waals surface area contributed by atoms with Gasteiger partial charge in [0.1, 0.15) is 29.1 Å². The molecule has 0 radical (unpaired) electrons. The summed E-state index contributed by atoms with van der Waals surface area (Å²) in [5.74, 6) is 1.15. The average Bonchev–Trinajstić information content (AvgIpc) is 3.51. The van der Waals surface area contributed by atoms with Gasteiger partial charge in [-0.2, -0.15) is 5.10 Å². The van der Waals surface area contributed by atoms with E-state index in [0.29, 0.717) is 54.7 Å². The quantitative estimate of drug-likeness (QED) is 0.0983. The Balaban J connectivity index is 0.853. The third-order valence-corrected chi connectivity index (χ3v) is 12.3. The van der Waals surface area contributed by atoms with Crippen LogP contribution >= 0.6 is 0 Å². The molecule has 2 aromatic carbocycles. The number of piperidine rings is 1. The number of imidazole rings is 1. The first-order valence-electron chi connectivity index (χ1n) is 21.2. The van der Waals surface area contributed by atoms with Crippen molar-refractivity contribution in [1.29, 1.82) is 0 Å². The number of carbonyl (C=O) groups is 4. The van der Waals surface area contributed by atoms with Gasteiger partial charge in [-0.25, -0.2) is 19.6 Å². The second kappa shape index (κ2) is 15.4. The van der Waals surface area contributed by atoms with Crippen molar-refractivity contribution < 1.29 is 23.7 Å². The van der Waals surface area contributed by atoms with Gasteiger partial charge in [-0.1, -0.05) is 17.3 Å². The number of nitrogens with one attached hydrogen (secondary N) is 4. The number of H-pyrrole nitrogens is 1. The summed E-state index contributed by atoms with van der Waals surface area (Å²) < 4.78 is 9.41. The molecule has 7 heterocycles. The molecule has 316 valence electrons. The molecular formula is C45H46N12O5. The maximum Gasteiger partial charge on any atom is 0.289 e. The van der Waals surface area contributed by atoms with E-state index in [1.165, 1.54) is 0 Å². The number of aromatic amines is 1. The van der Waals surface area contributed by atoms with Crippen molar-refractivity contribution in [3.05, 3.63) is 99.8 Å². The molecular weight excluding hydrogens is 789 g/mol. The maximum absolute atomic E-state index is 13.8. The zero-order chi connectivity index (χ0) is 42.8. The molecule has 4 N–H and O–H groups in total. The highest BCUT2D eigenvalue weighted by Gasteiger charge is 2.39. The molecule has 0 spiro atoms. The number of benzene rings is 2. The average molecular weight is 835 g/mol. The Morgan fingerprint density at radius 3 is 2.66 bits per heavy atom. The molecule has 1 aliphatic carbocycles. The number of hydrogen-bond acceptors (Lipinski definition) is 11. The first kappa shape index (κ1) is 39.0. The number of aryl methyl sites for hydroxylation is 6. The zero-order valence-electron chi connectivity index (χ0n) is 35.0. The minimum atomic E-state index is -0.651. The molecule has 17 nitrogen and oxygen atoms in total. The molecule has 2 aliphatic heterocycles. The highest BCUT2D eigenvalue weighted by atomic mass is 16.5. The molecule has 4 amide bonds. The van der Waals surface area contributed by atoms with Crippen LogP contribution in [0.2, 0.25) is 0 Å². The van der Waals surface area contributed by atoms with Gasteiger partial charge in [-0.05, 0) is 100 Å². The standard InChI is InChI=1S/C45H46N12O5/c1-5-57-36(18-33(53-57)27-11-12-27)49-41-39-31-16-23(2)30(38-24(3)54-62-25(38)4)17-34(31)48-40(39)51-42(52-41)44(60)46-19-28-20-55(22-47-28)15-7-9-26-8-6-10-29-32(26)21-56(45(29)61)35-13-14-37(58)50-43(35)59/h6,8,10,16-18,20,22,27,35H,5,7,9,11-15,19,21H2,1-4H3,(H,46,60)(H,50,58,59)(H2,48,49,51,52). The fraction of sp³-hybridized carbons (Fsp3) is 0.356. The van der Waals surface area contributed by atoms with Crippen LogP contribution in [0.5, 0.6) is 0 Å². The molecule has 1 saturated carbocycles. The number of imide groups is 1. The number of carbonyl (C=O) groups excluding carboxylic acids is 4. The van der Waals surface area contributed by atoms with Crippen molar-refractivity contribution in [3.8, 4) is 11.1 Å². The van der Waals surface area contributed by atoms with Crippen molar-refractivity contribution in [2.45, 2.75) is 104 Å². The second-order valence-electron chi connectivity index (χ2n) is 16.6. The predicted molar refractivity (Wildman–Crippen MR) is 228 cm³/mol. The third kappa shape index (κ3) is 7.06. The number of amides is 4. The van der Waals surface area contributed by atoms with Crippen LogP contribution in [-0.4, -0.2) is 74.0 Å². The molecule has 5 aromatic heterocycles. The van der Waals surface area contributed by atoms with Crippen LogP contribution in [0.25, 0.3) is 33.1 Å². The summed E-state index contributed by atoms with van der Waals surface area (Å²) in [5.41, 5.74) is 9.46. The number of hydrogen-bond donors (Lipinski definition) is 4. The van der Waals surface area contributed by atoms with Crippen molar-refractivity contribution in [1.82, 2.24) is 55.0 Å². The minimum absolute atomic E-state index is 0.00341. The molecule has 62 heavy (non-hydrogen) atoms. The summed E-state index contributed by atoms with van der Waals surface area (Å²) in [4.78, 5) is 70.6. The van der Waals surface area contributed by atoms with Gasteiger partial charge in [-0.3, -0.25) is 24.5 Å². The minimum Gasteiger partial charge on any atom is -0.361 e. The van der Waals surface area contributed by atoms with Gasteiger partial charge in [0.25, 0.3) is 11.8 Å². The molecule has 7 aromatic rings.